The monoisotopic (exact) mass is 363 g/mol. The van der Waals surface area contributed by atoms with Crippen molar-refractivity contribution in [3.05, 3.63) is 41.6 Å². The maximum absolute atomic E-state index is 13.0. The Bertz CT molecular complexity index is 775. The normalized spacial score (nSPS) is 18.1. The van der Waals surface area contributed by atoms with E-state index in [1.165, 1.54) is 0 Å². The first-order chi connectivity index (χ1) is 11.1. The van der Waals surface area contributed by atoms with E-state index in [0.29, 0.717) is 12.5 Å². The Morgan fingerprint density at radius 2 is 1.96 bits per heavy atom. The summed E-state index contributed by atoms with van der Waals surface area (Å²) >= 11 is 0. The fourth-order valence-electron chi connectivity index (χ4n) is 2.34. The van der Waals surface area contributed by atoms with Crippen LogP contribution in [-0.2, 0) is 16.2 Å². The number of carbonyl (C=O) groups excluding carboxylic acids is 1. The lowest BCUT2D eigenvalue weighted by Gasteiger charge is -2.23. The number of hydrazine groups is 1. The summed E-state index contributed by atoms with van der Waals surface area (Å²) in [6.07, 6.45) is -2.66. The summed E-state index contributed by atoms with van der Waals surface area (Å²) < 4.78 is 65.0. The van der Waals surface area contributed by atoms with E-state index < -0.39 is 38.7 Å². The number of alkyl halides is 3. The van der Waals surface area contributed by atoms with Crippen LogP contribution in [0, 0.1) is 0 Å². The zero-order chi connectivity index (χ0) is 18.1. The molecule has 0 fully saturated rings. The molecule has 0 aromatic heterocycles. The molecule has 0 saturated carbocycles. The Hall–Kier alpha value is -2.23. The number of carbonyl (C=O) groups is 1. The second-order valence-corrected chi connectivity index (χ2v) is 6.80. The van der Waals surface area contributed by atoms with Gasteiger partial charge in [-0.15, -0.1) is 0 Å². The summed E-state index contributed by atoms with van der Waals surface area (Å²) in [5.74, 6) is 0. The van der Waals surface area contributed by atoms with E-state index in [4.69, 9.17) is 0 Å². The maximum Gasteiger partial charge on any atom is 0.417 e. The van der Waals surface area contributed by atoms with E-state index in [-0.39, 0.29) is 0 Å². The van der Waals surface area contributed by atoms with Crippen molar-refractivity contribution in [1.82, 2.24) is 15.2 Å². The Morgan fingerprint density at radius 1 is 1.33 bits per heavy atom. The van der Waals surface area contributed by atoms with Gasteiger partial charge in [0.1, 0.15) is 0 Å². The van der Waals surface area contributed by atoms with E-state index in [0.717, 1.165) is 28.8 Å². The van der Waals surface area contributed by atoms with Crippen molar-refractivity contribution >= 4 is 16.1 Å². The van der Waals surface area contributed by atoms with Crippen molar-refractivity contribution in [2.45, 2.75) is 37.4 Å². The van der Waals surface area contributed by atoms with Gasteiger partial charge in [-0.25, -0.2) is 22.9 Å². The SMILES string of the molecule is CCC1=CNN(C(=O)NS(=O)(=O)c2ccccc2C(F)(F)F)C1C. The third-order valence-corrected chi connectivity index (χ3v) is 5.02. The fraction of sp³-hybridized carbons (Fsp3) is 0.357. The molecule has 0 saturated heterocycles. The molecule has 1 atom stereocenters. The van der Waals surface area contributed by atoms with Gasteiger partial charge in [0.05, 0.1) is 16.5 Å². The number of hydrogen-bond donors (Lipinski definition) is 2. The largest absolute Gasteiger partial charge is 0.417 e. The van der Waals surface area contributed by atoms with Crippen molar-refractivity contribution in [1.29, 1.82) is 0 Å². The van der Waals surface area contributed by atoms with Crippen LogP contribution in [0.1, 0.15) is 25.8 Å². The van der Waals surface area contributed by atoms with Crippen molar-refractivity contribution in [2.75, 3.05) is 0 Å². The first-order valence-corrected chi connectivity index (χ1v) is 8.53. The van der Waals surface area contributed by atoms with Crippen LogP contribution < -0.4 is 10.1 Å². The molecule has 10 heteroatoms. The van der Waals surface area contributed by atoms with Crippen molar-refractivity contribution in [2.24, 2.45) is 0 Å². The molecule has 1 aliphatic rings. The molecule has 2 N–H and O–H groups in total. The van der Waals surface area contributed by atoms with Crippen LogP contribution >= 0.6 is 0 Å². The maximum atomic E-state index is 13.0. The number of sulfonamides is 1. The molecule has 0 bridgehead atoms. The summed E-state index contributed by atoms with van der Waals surface area (Å²) in [6, 6.07) is 2.20. The molecule has 1 aliphatic heterocycles. The lowest BCUT2D eigenvalue weighted by molar-refractivity contribution is -0.139. The average Bonchev–Trinajstić information content (AvgIpc) is 2.87. The summed E-state index contributed by atoms with van der Waals surface area (Å²) in [7, 11) is -4.68. The molecule has 0 spiro atoms. The van der Waals surface area contributed by atoms with Gasteiger partial charge >= 0.3 is 12.2 Å². The molecule has 2 rings (SSSR count). The predicted molar refractivity (Wildman–Crippen MR) is 80.0 cm³/mol. The van der Waals surface area contributed by atoms with Gasteiger partial charge in [0, 0.05) is 6.20 Å². The van der Waals surface area contributed by atoms with E-state index in [9.17, 15) is 26.4 Å². The standard InChI is InChI=1S/C14H16F3N3O3S/c1-3-10-8-18-20(9(10)2)13(21)19-24(22,23)12-7-5-4-6-11(12)14(15,16)17/h4-9,18H,3H2,1-2H3,(H,19,21). The lowest BCUT2D eigenvalue weighted by atomic mass is 10.1. The van der Waals surface area contributed by atoms with Crippen LogP contribution in [0.5, 0.6) is 0 Å². The molecule has 132 valence electrons. The zero-order valence-corrected chi connectivity index (χ0v) is 13.7. The quantitative estimate of drug-likeness (QED) is 0.865. The molecular formula is C14H16F3N3O3S. The van der Waals surface area contributed by atoms with Crippen LogP contribution in [0.15, 0.2) is 40.9 Å². The average molecular weight is 363 g/mol. The third kappa shape index (κ3) is 3.48. The van der Waals surface area contributed by atoms with Gasteiger partial charge in [0.2, 0.25) is 0 Å². The van der Waals surface area contributed by atoms with Crippen LogP contribution in [0.25, 0.3) is 0 Å². The topological polar surface area (TPSA) is 78.5 Å². The molecule has 2 amide bonds. The third-order valence-electron chi connectivity index (χ3n) is 3.64. The first kappa shape index (κ1) is 18.1. The fourth-order valence-corrected chi connectivity index (χ4v) is 3.51. The number of nitrogens with one attached hydrogen (secondary N) is 2. The minimum Gasteiger partial charge on any atom is -0.301 e. The molecule has 1 aromatic rings. The van der Waals surface area contributed by atoms with Gasteiger partial charge in [-0.05, 0) is 31.1 Å². The minimum absolute atomic E-state index is 0.414. The number of hydrogen-bond acceptors (Lipinski definition) is 4. The smallest absolute Gasteiger partial charge is 0.301 e. The Labute approximate surface area is 137 Å². The number of amides is 2. The zero-order valence-electron chi connectivity index (χ0n) is 12.9. The van der Waals surface area contributed by atoms with Crippen LogP contribution in [0.3, 0.4) is 0 Å². The summed E-state index contributed by atoms with van der Waals surface area (Å²) in [4.78, 5) is 11.1. The highest BCUT2D eigenvalue weighted by Crippen LogP contribution is 2.33. The first-order valence-electron chi connectivity index (χ1n) is 7.05. The van der Waals surface area contributed by atoms with E-state index in [2.05, 4.69) is 5.43 Å². The molecule has 1 aromatic carbocycles. The second kappa shape index (κ2) is 6.34. The molecule has 0 aliphatic carbocycles. The predicted octanol–water partition coefficient (Wildman–Crippen LogP) is 2.61. The van der Waals surface area contributed by atoms with Gasteiger partial charge in [0.25, 0.3) is 10.0 Å². The molecule has 24 heavy (non-hydrogen) atoms. The van der Waals surface area contributed by atoms with E-state index in [1.807, 2.05) is 6.92 Å². The van der Waals surface area contributed by atoms with Gasteiger partial charge in [-0.2, -0.15) is 13.2 Å². The molecule has 1 heterocycles. The van der Waals surface area contributed by atoms with Crippen molar-refractivity contribution in [3.8, 4) is 0 Å². The number of benzene rings is 1. The Kier molecular flexibility index (Phi) is 4.79. The highest BCUT2D eigenvalue weighted by atomic mass is 32.2. The van der Waals surface area contributed by atoms with Crippen molar-refractivity contribution in [3.63, 3.8) is 0 Å². The van der Waals surface area contributed by atoms with Crippen LogP contribution in [0.4, 0.5) is 18.0 Å². The summed E-state index contributed by atoms with van der Waals surface area (Å²) in [6.45, 7) is 3.53. The van der Waals surface area contributed by atoms with Gasteiger partial charge in [-0.3, -0.25) is 0 Å². The number of urea groups is 1. The number of halogens is 3. The Morgan fingerprint density at radius 3 is 2.50 bits per heavy atom. The second-order valence-electron chi connectivity index (χ2n) is 5.15. The van der Waals surface area contributed by atoms with Crippen molar-refractivity contribution < 1.29 is 26.4 Å². The van der Waals surface area contributed by atoms with E-state index >= 15 is 0 Å². The molecule has 6 nitrogen and oxygen atoms in total. The number of nitrogens with zero attached hydrogens (tertiary/aromatic N) is 1. The molecule has 1 unspecified atom stereocenters. The van der Waals surface area contributed by atoms with Crippen LogP contribution in [0.2, 0.25) is 0 Å². The molecule has 0 radical (unpaired) electrons. The lowest BCUT2D eigenvalue weighted by Crippen LogP contribution is -2.49. The van der Waals surface area contributed by atoms with Gasteiger partial charge in [0.15, 0.2) is 0 Å². The summed E-state index contributed by atoms with van der Waals surface area (Å²) in [5.41, 5.74) is 2.12. The minimum atomic E-state index is -4.86. The highest BCUT2D eigenvalue weighted by molar-refractivity contribution is 7.90. The summed E-state index contributed by atoms with van der Waals surface area (Å²) in [5, 5.41) is 1.01. The van der Waals surface area contributed by atoms with E-state index in [1.54, 1.807) is 17.8 Å². The van der Waals surface area contributed by atoms with Gasteiger partial charge in [-0.1, -0.05) is 19.1 Å². The molecular weight excluding hydrogens is 347 g/mol. The highest BCUT2D eigenvalue weighted by Gasteiger charge is 2.38. The Balaban J connectivity index is 2.26. The van der Waals surface area contributed by atoms with Crippen LogP contribution in [-0.4, -0.2) is 25.5 Å². The number of rotatable bonds is 3. The van der Waals surface area contributed by atoms with Gasteiger partial charge < -0.3 is 5.43 Å².